The van der Waals surface area contributed by atoms with E-state index in [0.29, 0.717) is 0 Å². The van der Waals surface area contributed by atoms with Gasteiger partial charge in [-0.3, -0.25) is 9.69 Å². The van der Waals surface area contributed by atoms with Crippen molar-refractivity contribution in [3.63, 3.8) is 0 Å². The molecule has 0 atom stereocenters. The number of thiophene rings is 1. The average molecular weight is 433 g/mol. The summed E-state index contributed by atoms with van der Waals surface area (Å²) in [6.45, 7) is 9.17. The molecular formula is C22H29ClN4OS. The Balaban J connectivity index is 0.00000240. The Bertz CT molecular complexity index is 1010. The molecule has 1 N–H and O–H groups in total. The van der Waals surface area contributed by atoms with Gasteiger partial charge in [-0.25, -0.2) is 4.98 Å². The summed E-state index contributed by atoms with van der Waals surface area (Å²) in [6.07, 6.45) is 2.35. The number of hydrogen-bond donors (Lipinski definition) is 1. The van der Waals surface area contributed by atoms with Crippen molar-refractivity contribution in [3.05, 3.63) is 57.1 Å². The summed E-state index contributed by atoms with van der Waals surface area (Å²) in [5.74, 6) is 0.824. The van der Waals surface area contributed by atoms with E-state index in [1.54, 1.807) is 11.3 Å². The molecule has 3 heterocycles. The number of rotatable bonds is 6. The van der Waals surface area contributed by atoms with E-state index in [2.05, 4.69) is 51.4 Å². The van der Waals surface area contributed by atoms with Crippen LogP contribution in [0.2, 0.25) is 0 Å². The minimum atomic E-state index is 0. The maximum absolute atomic E-state index is 12.3. The molecule has 7 heteroatoms. The van der Waals surface area contributed by atoms with Crippen molar-refractivity contribution >= 4 is 39.5 Å². The summed E-state index contributed by atoms with van der Waals surface area (Å²) in [5, 5.41) is 3.54. The quantitative estimate of drug-likeness (QED) is 0.641. The topological polar surface area (TPSA) is 52.2 Å². The largest absolute Gasteiger partial charge is 0.368 e. The van der Waals surface area contributed by atoms with Crippen molar-refractivity contribution in [2.24, 2.45) is 0 Å². The molecule has 0 aliphatic carbocycles. The summed E-state index contributed by atoms with van der Waals surface area (Å²) in [6, 6.07) is 8.83. The van der Waals surface area contributed by atoms with E-state index in [4.69, 9.17) is 4.98 Å². The second-order valence-electron chi connectivity index (χ2n) is 7.33. The van der Waals surface area contributed by atoms with E-state index < -0.39 is 0 Å². The number of halogens is 1. The van der Waals surface area contributed by atoms with Gasteiger partial charge in [0.15, 0.2) is 0 Å². The maximum Gasteiger partial charge on any atom is 0.254 e. The number of nitrogens with one attached hydrogen (secondary N) is 1. The molecule has 1 aliphatic heterocycles. The number of aryl methyl sites for hydroxylation is 1. The molecule has 0 radical (unpaired) electrons. The number of hydrogen-bond acceptors (Lipinski definition) is 5. The van der Waals surface area contributed by atoms with Gasteiger partial charge in [0.2, 0.25) is 0 Å². The van der Waals surface area contributed by atoms with Crippen molar-refractivity contribution in [2.45, 2.75) is 33.1 Å². The number of fused-ring (bicyclic) bond motifs is 1. The lowest BCUT2D eigenvalue weighted by atomic mass is 10.1. The first kappa shape index (κ1) is 21.8. The van der Waals surface area contributed by atoms with Gasteiger partial charge in [-0.1, -0.05) is 19.9 Å². The fourth-order valence-electron chi connectivity index (χ4n) is 4.10. The van der Waals surface area contributed by atoms with Crippen LogP contribution in [0.1, 0.15) is 30.9 Å². The minimum absolute atomic E-state index is 0. The standard InChI is InChI=1S/C22H28N4OS.ClH/c1-3-16-18(4-2)23-21(24-22(16)27)8-10-25-11-13-26(14-12-25)19-6-5-7-20-17(19)9-15-28-20;/h5-7,9,15H,3-4,8,10-14H2,1-2H3,(H,23,24,27);1H. The highest BCUT2D eigenvalue weighted by molar-refractivity contribution is 7.17. The zero-order chi connectivity index (χ0) is 19.5. The van der Waals surface area contributed by atoms with Crippen molar-refractivity contribution in [1.29, 1.82) is 0 Å². The first-order valence-electron chi connectivity index (χ1n) is 10.2. The fourth-order valence-corrected chi connectivity index (χ4v) is 4.91. The van der Waals surface area contributed by atoms with E-state index in [1.807, 2.05) is 6.92 Å². The third kappa shape index (κ3) is 4.65. The number of H-pyrrole nitrogens is 1. The summed E-state index contributed by atoms with van der Waals surface area (Å²) in [5.41, 5.74) is 3.18. The molecule has 0 spiro atoms. The van der Waals surface area contributed by atoms with Crippen LogP contribution in [0.15, 0.2) is 34.4 Å². The molecule has 0 amide bonds. The maximum atomic E-state index is 12.3. The zero-order valence-electron chi connectivity index (χ0n) is 17.1. The smallest absolute Gasteiger partial charge is 0.254 e. The van der Waals surface area contributed by atoms with Gasteiger partial charge >= 0.3 is 0 Å². The second kappa shape index (κ2) is 9.74. The Hall–Kier alpha value is -1.89. The molecule has 1 saturated heterocycles. The van der Waals surface area contributed by atoms with E-state index in [0.717, 1.165) is 69.1 Å². The highest BCUT2D eigenvalue weighted by Crippen LogP contribution is 2.31. The van der Waals surface area contributed by atoms with E-state index in [1.165, 1.54) is 15.8 Å². The Morgan fingerprint density at radius 3 is 2.62 bits per heavy atom. The van der Waals surface area contributed by atoms with Gasteiger partial charge in [0.25, 0.3) is 5.56 Å². The summed E-state index contributed by atoms with van der Waals surface area (Å²) >= 11 is 1.81. The van der Waals surface area contributed by atoms with Crippen molar-refractivity contribution in [1.82, 2.24) is 14.9 Å². The van der Waals surface area contributed by atoms with Gasteiger partial charge in [0.05, 0.1) is 5.69 Å². The van der Waals surface area contributed by atoms with Crippen molar-refractivity contribution in [3.8, 4) is 0 Å². The molecule has 5 nitrogen and oxygen atoms in total. The van der Waals surface area contributed by atoms with Gasteiger partial charge in [-0.15, -0.1) is 23.7 Å². The van der Waals surface area contributed by atoms with E-state index in [-0.39, 0.29) is 18.0 Å². The molecule has 3 aromatic rings. The summed E-state index contributed by atoms with van der Waals surface area (Å²) < 4.78 is 1.36. The van der Waals surface area contributed by atoms with Gasteiger partial charge in [0, 0.05) is 60.5 Å². The fraction of sp³-hybridized carbons (Fsp3) is 0.455. The molecule has 0 unspecified atom stereocenters. The van der Waals surface area contributed by atoms with Gasteiger partial charge < -0.3 is 9.88 Å². The summed E-state index contributed by atoms with van der Waals surface area (Å²) in [7, 11) is 0. The Morgan fingerprint density at radius 1 is 1.10 bits per heavy atom. The molecule has 0 saturated carbocycles. The van der Waals surface area contributed by atoms with Gasteiger partial charge in [0.1, 0.15) is 5.82 Å². The highest BCUT2D eigenvalue weighted by atomic mass is 35.5. The van der Waals surface area contributed by atoms with Crippen LogP contribution in [0.5, 0.6) is 0 Å². The third-order valence-electron chi connectivity index (χ3n) is 5.69. The lowest BCUT2D eigenvalue weighted by Crippen LogP contribution is -2.47. The number of aromatic amines is 1. The van der Waals surface area contributed by atoms with Crippen LogP contribution < -0.4 is 10.5 Å². The number of nitrogens with zero attached hydrogens (tertiary/aromatic N) is 3. The van der Waals surface area contributed by atoms with Crippen LogP contribution in [-0.4, -0.2) is 47.6 Å². The molecule has 156 valence electrons. The molecule has 1 fully saturated rings. The third-order valence-corrected chi connectivity index (χ3v) is 6.57. The Morgan fingerprint density at radius 2 is 1.90 bits per heavy atom. The Labute approximate surface area is 182 Å². The molecule has 2 aromatic heterocycles. The van der Waals surface area contributed by atoms with Gasteiger partial charge in [-0.05, 0) is 36.4 Å². The van der Waals surface area contributed by atoms with Crippen molar-refractivity contribution in [2.75, 3.05) is 37.6 Å². The molecule has 29 heavy (non-hydrogen) atoms. The predicted octanol–water partition coefficient (Wildman–Crippen LogP) is 3.90. The lowest BCUT2D eigenvalue weighted by molar-refractivity contribution is 0.259. The second-order valence-corrected chi connectivity index (χ2v) is 8.28. The van der Waals surface area contributed by atoms with E-state index >= 15 is 0 Å². The molecule has 1 aromatic carbocycles. The molecule has 0 bridgehead atoms. The summed E-state index contributed by atoms with van der Waals surface area (Å²) in [4.78, 5) is 24.9. The molecule has 4 rings (SSSR count). The number of anilines is 1. The Kier molecular flexibility index (Phi) is 7.33. The van der Waals surface area contributed by atoms with Crippen LogP contribution in [-0.2, 0) is 19.3 Å². The molecular weight excluding hydrogens is 404 g/mol. The first-order valence-corrected chi connectivity index (χ1v) is 11.1. The first-order chi connectivity index (χ1) is 13.7. The number of aromatic nitrogens is 2. The van der Waals surface area contributed by atoms with E-state index in [9.17, 15) is 4.79 Å². The minimum Gasteiger partial charge on any atom is -0.368 e. The average Bonchev–Trinajstić information content (AvgIpc) is 3.21. The number of benzene rings is 1. The predicted molar refractivity (Wildman–Crippen MR) is 125 cm³/mol. The SMILES string of the molecule is CCc1nc(CCN2CCN(c3cccc4sccc34)CC2)[nH]c(=O)c1CC.Cl. The van der Waals surface area contributed by atoms with Crippen molar-refractivity contribution < 1.29 is 0 Å². The molecule has 1 aliphatic rings. The normalized spacial score (nSPS) is 14.9. The monoisotopic (exact) mass is 432 g/mol. The number of piperazine rings is 1. The van der Waals surface area contributed by atoms with Gasteiger partial charge in [-0.2, -0.15) is 0 Å². The van der Waals surface area contributed by atoms with Crippen LogP contribution in [0.3, 0.4) is 0 Å². The van der Waals surface area contributed by atoms with Crippen LogP contribution >= 0.6 is 23.7 Å². The van der Waals surface area contributed by atoms with Crippen LogP contribution in [0, 0.1) is 0 Å². The lowest BCUT2D eigenvalue weighted by Gasteiger charge is -2.36. The van der Waals surface area contributed by atoms with Crippen LogP contribution in [0.25, 0.3) is 10.1 Å². The zero-order valence-corrected chi connectivity index (χ0v) is 18.7. The van der Waals surface area contributed by atoms with Crippen LogP contribution in [0.4, 0.5) is 5.69 Å². The highest BCUT2D eigenvalue weighted by Gasteiger charge is 2.19.